The summed E-state index contributed by atoms with van der Waals surface area (Å²) in [7, 11) is 0. The van der Waals surface area contributed by atoms with Gasteiger partial charge in [-0.3, -0.25) is 4.79 Å². The van der Waals surface area contributed by atoms with E-state index in [4.69, 9.17) is 21.6 Å². The highest BCUT2D eigenvalue weighted by Crippen LogP contribution is 2.30. The molecule has 0 spiro atoms. The fraction of sp³-hybridized carbons (Fsp3) is 0.281. The van der Waals surface area contributed by atoms with E-state index in [-0.39, 0.29) is 11.8 Å². The van der Waals surface area contributed by atoms with E-state index in [2.05, 4.69) is 55.1 Å². The Morgan fingerprint density at radius 1 is 0.868 bits per heavy atom. The van der Waals surface area contributed by atoms with Gasteiger partial charge in [0.25, 0.3) is 0 Å². The van der Waals surface area contributed by atoms with Gasteiger partial charge in [-0.05, 0) is 48.7 Å². The number of aryl methyl sites for hydroxylation is 1. The van der Waals surface area contributed by atoms with E-state index in [1.807, 2.05) is 53.4 Å². The Morgan fingerprint density at radius 2 is 1.50 bits per heavy atom. The normalized spacial score (nSPS) is 14.4. The monoisotopic (exact) mass is 524 g/mol. The highest BCUT2D eigenvalue weighted by atomic mass is 35.5. The van der Waals surface area contributed by atoms with Crippen LogP contribution < -0.4 is 4.90 Å². The molecule has 1 fully saturated rings. The van der Waals surface area contributed by atoms with Gasteiger partial charge in [0.15, 0.2) is 5.82 Å². The largest absolute Gasteiger partial charge is 0.353 e. The van der Waals surface area contributed by atoms with Crippen LogP contribution in [0, 0.1) is 6.92 Å². The maximum atomic E-state index is 13.5. The molecule has 6 heteroatoms. The molecule has 1 saturated heterocycles. The highest BCUT2D eigenvalue weighted by Gasteiger charge is 2.29. The van der Waals surface area contributed by atoms with E-state index < -0.39 is 0 Å². The second kappa shape index (κ2) is 11.8. The van der Waals surface area contributed by atoms with Crippen LogP contribution in [-0.4, -0.2) is 47.0 Å². The number of halogens is 1. The second-order valence-corrected chi connectivity index (χ2v) is 10.2. The number of amides is 1. The molecule has 0 bridgehead atoms. The first-order chi connectivity index (χ1) is 18.5. The Kier molecular flexibility index (Phi) is 8.04. The van der Waals surface area contributed by atoms with Crippen molar-refractivity contribution in [2.24, 2.45) is 0 Å². The van der Waals surface area contributed by atoms with E-state index in [9.17, 15) is 4.79 Å². The number of carbonyl (C=O) groups excluding carboxylic acids is 1. The van der Waals surface area contributed by atoms with Crippen LogP contribution in [0.2, 0.25) is 5.02 Å². The molecule has 5 nitrogen and oxygen atoms in total. The molecule has 194 valence electrons. The fourth-order valence-electron chi connectivity index (χ4n) is 5.17. The second-order valence-electron chi connectivity index (χ2n) is 9.79. The molecule has 1 aliphatic heterocycles. The van der Waals surface area contributed by atoms with Crippen molar-refractivity contribution in [1.82, 2.24) is 14.9 Å². The predicted octanol–water partition coefficient (Wildman–Crippen LogP) is 6.54. The number of hydrogen-bond acceptors (Lipinski definition) is 4. The number of piperazine rings is 1. The molecule has 1 aromatic heterocycles. The zero-order valence-electron chi connectivity index (χ0n) is 22.0. The lowest BCUT2D eigenvalue weighted by molar-refractivity contribution is -0.133. The number of carbonyl (C=O) groups is 1. The minimum Gasteiger partial charge on any atom is -0.353 e. The van der Waals surface area contributed by atoms with Crippen LogP contribution in [0.25, 0.3) is 11.4 Å². The third kappa shape index (κ3) is 5.73. The lowest BCUT2D eigenvalue weighted by Gasteiger charge is -2.38. The van der Waals surface area contributed by atoms with Crippen molar-refractivity contribution in [2.45, 2.75) is 32.6 Å². The summed E-state index contributed by atoms with van der Waals surface area (Å²) in [5.41, 5.74) is 5.35. The fourth-order valence-corrected chi connectivity index (χ4v) is 5.30. The minimum atomic E-state index is -0.103. The summed E-state index contributed by atoms with van der Waals surface area (Å²) >= 11 is 6.13. The van der Waals surface area contributed by atoms with Gasteiger partial charge < -0.3 is 9.80 Å². The first-order valence-corrected chi connectivity index (χ1v) is 13.7. The topological polar surface area (TPSA) is 49.3 Å². The summed E-state index contributed by atoms with van der Waals surface area (Å²) in [6.07, 6.45) is 1.55. The van der Waals surface area contributed by atoms with Gasteiger partial charge >= 0.3 is 0 Å². The van der Waals surface area contributed by atoms with E-state index in [1.54, 1.807) is 0 Å². The van der Waals surface area contributed by atoms with Crippen molar-refractivity contribution < 1.29 is 4.79 Å². The third-order valence-corrected chi connectivity index (χ3v) is 7.57. The number of benzene rings is 3. The van der Waals surface area contributed by atoms with Gasteiger partial charge in [0.2, 0.25) is 5.91 Å². The van der Waals surface area contributed by atoms with Crippen molar-refractivity contribution in [3.8, 4) is 11.4 Å². The van der Waals surface area contributed by atoms with Crippen molar-refractivity contribution in [3.05, 3.63) is 112 Å². The van der Waals surface area contributed by atoms with Gasteiger partial charge in [0.05, 0.1) is 5.92 Å². The molecule has 5 rings (SSSR count). The minimum absolute atomic E-state index is 0.103. The number of hydrogen-bond donors (Lipinski definition) is 0. The Balaban J connectivity index is 1.41. The van der Waals surface area contributed by atoms with Crippen molar-refractivity contribution >= 4 is 23.3 Å². The molecule has 1 aliphatic rings. The van der Waals surface area contributed by atoms with Crippen LogP contribution >= 0.6 is 11.6 Å². The smallest absolute Gasteiger partial charge is 0.230 e. The number of nitrogens with zero attached hydrogens (tertiary/aromatic N) is 4. The lowest BCUT2D eigenvalue weighted by atomic mass is 9.94. The van der Waals surface area contributed by atoms with Gasteiger partial charge in [-0.2, -0.15) is 0 Å². The number of rotatable bonds is 7. The van der Waals surface area contributed by atoms with Gasteiger partial charge in [-0.25, -0.2) is 9.97 Å². The predicted molar refractivity (Wildman–Crippen MR) is 155 cm³/mol. The third-order valence-electron chi connectivity index (χ3n) is 7.32. The van der Waals surface area contributed by atoms with Gasteiger partial charge in [-0.15, -0.1) is 0 Å². The van der Waals surface area contributed by atoms with Crippen LogP contribution in [-0.2, 0) is 11.2 Å². The number of anilines is 1. The van der Waals surface area contributed by atoms with Crippen LogP contribution in [0.5, 0.6) is 0 Å². The molecule has 2 heterocycles. The molecule has 4 aromatic rings. The number of aromatic nitrogens is 2. The quantitative estimate of drug-likeness (QED) is 0.275. The van der Waals surface area contributed by atoms with E-state index in [1.165, 1.54) is 5.56 Å². The molecule has 1 amide bonds. The summed E-state index contributed by atoms with van der Waals surface area (Å²) in [4.78, 5) is 27.8. The molecule has 1 unspecified atom stereocenters. The van der Waals surface area contributed by atoms with Gasteiger partial charge in [0, 0.05) is 54.4 Å². The molecule has 3 aromatic carbocycles. The zero-order valence-corrected chi connectivity index (χ0v) is 22.7. The molecular formula is C32H33ClN4O. The van der Waals surface area contributed by atoms with E-state index in [0.717, 1.165) is 54.1 Å². The standard InChI is InChI=1S/C32H33ClN4O/c1-3-28(25-12-8-5-9-13-25)32(38)37-20-18-36(19-21-37)31-29(22-24-10-6-4-7-11-24)23(2)34-30(35-31)26-14-16-27(33)17-15-26/h4-17,28H,3,18-22H2,1-2H3. The first-order valence-electron chi connectivity index (χ1n) is 13.3. The molecule has 0 aliphatic carbocycles. The lowest BCUT2D eigenvalue weighted by Crippen LogP contribution is -2.50. The zero-order chi connectivity index (χ0) is 26.5. The Hall–Kier alpha value is -3.70. The summed E-state index contributed by atoms with van der Waals surface area (Å²) < 4.78 is 0. The van der Waals surface area contributed by atoms with Crippen LogP contribution in [0.1, 0.15) is 41.6 Å². The van der Waals surface area contributed by atoms with Crippen molar-refractivity contribution in [2.75, 3.05) is 31.1 Å². The first kappa shape index (κ1) is 25.9. The molecule has 0 N–H and O–H groups in total. The maximum Gasteiger partial charge on any atom is 0.230 e. The molecule has 1 atom stereocenters. The molecule has 38 heavy (non-hydrogen) atoms. The van der Waals surface area contributed by atoms with Crippen LogP contribution in [0.3, 0.4) is 0 Å². The van der Waals surface area contributed by atoms with Crippen LogP contribution in [0.15, 0.2) is 84.9 Å². The summed E-state index contributed by atoms with van der Waals surface area (Å²) in [6.45, 7) is 6.96. The van der Waals surface area contributed by atoms with Gasteiger partial charge in [0.1, 0.15) is 5.82 Å². The Bertz CT molecular complexity index is 1370. The average Bonchev–Trinajstić information content (AvgIpc) is 2.96. The summed E-state index contributed by atoms with van der Waals surface area (Å²) in [5, 5.41) is 0.688. The average molecular weight is 525 g/mol. The van der Waals surface area contributed by atoms with Crippen molar-refractivity contribution in [1.29, 1.82) is 0 Å². The van der Waals surface area contributed by atoms with Crippen molar-refractivity contribution in [3.63, 3.8) is 0 Å². The Morgan fingerprint density at radius 3 is 2.13 bits per heavy atom. The van der Waals surface area contributed by atoms with Crippen LogP contribution in [0.4, 0.5) is 5.82 Å². The van der Waals surface area contributed by atoms with E-state index >= 15 is 0 Å². The molecule has 0 saturated carbocycles. The molecule has 0 radical (unpaired) electrons. The summed E-state index contributed by atoms with van der Waals surface area (Å²) in [5.74, 6) is 1.76. The molecular weight excluding hydrogens is 492 g/mol. The maximum absolute atomic E-state index is 13.5. The summed E-state index contributed by atoms with van der Waals surface area (Å²) in [6, 6.07) is 28.2. The SMILES string of the molecule is CCC(C(=O)N1CCN(c2nc(-c3ccc(Cl)cc3)nc(C)c2Cc2ccccc2)CC1)c1ccccc1. The Labute approximate surface area is 230 Å². The highest BCUT2D eigenvalue weighted by molar-refractivity contribution is 6.30. The van der Waals surface area contributed by atoms with Gasteiger partial charge in [-0.1, -0.05) is 79.2 Å². The van der Waals surface area contributed by atoms with E-state index in [0.29, 0.717) is 23.9 Å².